The Kier molecular flexibility index (Phi) is 10.6. The van der Waals surface area contributed by atoms with Gasteiger partial charge in [0.05, 0.1) is 12.5 Å². The number of aromatic amines is 2. The molecule has 0 aliphatic carbocycles. The fourth-order valence-corrected chi connectivity index (χ4v) is 5.64. The number of carbonyl (C=O) groups is 5. The molecule has 0 saturated carbocycles. The van der Waals surface area contributed by atoms with Gasteiger partial charge in [0.1, 0.15) is 23.9 Å². The Balaban J connectivity index is 1.36. The zero-order valence-corrected chi connectivity index (χ0v) is 26.2. The van der Waals surface area contributed by atoms with Gasteiger partial charge in [0, 0.05) is 47.0 Å². The average Bonchev–Trinajstić information content (AvgIpc) is 3.68. The minimum Gasteiger partial charge on any atom is -0.508 e. The number of aromatic nitrogens is 2. The average molecular weight is 669 g/mol. The van der Waals surface area contributed by atoms with Crippen LogP contribution in [0.4, 0.5) is 0 Å². The van der Waals surface area contributed by atoms with E-state index < -0.39 is 60.2 Å². The van der Waals surface area contributed by atoms with E-state index in [9.17, 15) is 39.3 Å². The number of H-pyrrole nitrogens is 2. The van der Waals surface area contributed by atoms with Gasteiger partial charge < -0.3 is 47.0 Å². The highest BCUT2D eigenvalue weighted by molar-refractivity contribution is 5.96. The van der Waals surface area contributed by atoms with Crippen LogP contribution in [0.15, 0.2) is 85.2 Å². The Hall–Kier alpha value is -6.15. The number of amides is 3. The van der Waals surface area contributed by atoms with Crippen molar-refractivity contribution < 1.29 is 39.3 Å². The number of hydrogen-bond donors (Lipinski definition) is 9. The molecule has 2 heterocycles. The second-order valence-electron chi connectivity index (χ2n) is 11.7. The van der Waals surface area contributed by atoms with Crippen molar-refractivity contribution in [2.24, 2.45) is 5.73 Å². The zero-order chi connectivity index (χ0) is 35.1. The first-order valence-electron chi connectivity index (χ1n) is 15.5. The van der Waals surface area contributed by atoms with Gasteiger partial charge in [-0.1, -0.05) is 48.5 Å². The Morgan fingerprint density at radius 1 is 0.633 bits per heavy atom. The third kappa shape index (κ3) is 8.61. The summed E-state index contributed by atoms with van der Waals surface area (Å²) in [6.07, 6.45) is 2.40. The van der Waals surface area contributed by atoms with Gasteiger partial charge in [-0.25, -0.2) is 4.79 Å². The van der Waals surface area contributed by atoms with Gasteiger partial charge in [-0.3, -0.25) is 19.2 Å². The molecule has 14 nitrogen and oxygen atoms in total. The Bertz CT molecular complexity index is 1980. The third-order valence-electron chi connectivity index (χ3n) is 8.19. The predicted octanol–water partition coefficient (Wildman–Crippen LogP) is 1.72. The molecule has 49 heavy (non-hydrogen) atoms. The lowest BCUT2D eigenvalue weighted by Gasteiger charge is -2.25. The number of para-hydroxylation sites is 2. The van der Waals surface area contributed by atoms with Crippen molar-refractivity contribution in [2.75, 3.05) is 0 Å². The molecule has 0 radical (unpaired) electrons. The van der Waals surface area contributed by atoms with Gasteiger partial charge in [0.2, 0.25) is 17.7 Å². The molecule has 2 aromatic heterocycles. The molecule has 3 aromatic carbocycles. The first kappa shape index (κ1) is 34.2. The molecule has 0 spiro atoms. The van der Waals surface area contributed by atoms with Gasteiger partial charge in [0.15, 0.2) is 0 Å². The number of hydrogen-bond acceptors (Lipinski definition) is 7. The first-order valence-corrected chi connectivity index (χ1v) is 15.5. The highest BCUT2D eigenvalue weighted by Gasteiger charge is 2.32. The third-order valence-corrected chi connectivity index (χ3v) is 8.19. The Morgan fingerprint density at radius 3 is 1.67 bits per heavy atom. The van der Waals surface area contributed by atoms with Gasteiger partial charge >= 0.3 is 11.9 Å². The molecule has 0 aliphatic rings. The van der Waals surface area contributed by atoms with Crippen LogP contribution >= 0.6 is 0 Å². The lowest BCUT2D eigenvalue weighted by molar-refractivity contribution is -0.143. The molecule has 3 amide bonds. The Labute approximate surface area is 279 Å². The summed E-state index contributed by atoms with van der Waals surface area (Å²) >= 11 is 0. The second-order valence-corrected chi connectivity index (χ2v) is 11.7. The number of fused-ring (bicyclic) bond motifs is 2. The maximum absolute atomic E-state index is 13.8. The van der Waals surface area contributed by atoms with Crippen LogP contribution in [-0.2, 0) is 43.2 Å². The van der Waals surface area contributed by atoms with E-state index in [1.807, 2.05) is 42.5 Å². The minimum absolute atomic E-state index is 0.0267. The van der Waals surface area contributed by atoms with Crippen LogP contribution < -0.4 is 21.7 Å². The van der Waals surface area contributed by atoms with E-state index in [-0.39, 0.29) is 25.0 Å². The van der Waals surface area contributed by atoms with E-state index in [1.165, 1.54) is 12.1 Å². The molecule has 0 saturated heterocycles. The number of phenolic OH excluding ortho intramolecular Hbond substituents is 1. The summed E-state index contributed by atoms with van der Waals surface area (Å²) in [5.41, 5.74) is 9.53. The van der Waals surface area contributed by atoms with Gasteiger partial charge in [-0.15, -0.1) is 0 Å². The summed E-state index contributed by atoms with van der Waals surface area (Å²) in [5.74, 6) is -5.27. The van der Waals surface area contributed by atoms with Crippen molar-refractivity contribution in [3.05, 3.63) is 102 Å². The highest BCUT2D eigenvalue weighted by atomic mass is 16.4. The van der Waals surface area contributed by atoms with Crippen molar-refractivity contribution in [1.82, 2.24) is 25.9 Å². The quantitative estimate of drug-likeness (QED) is 0.0788. The fourth-order valence-electron chi connectivity index (χ4n) is 5.64. The summed E-state index contributed by atoms with van der Waals surface area (Å²) in [5, 5.41) is 38.1. The largest absolute Gasteiger partial charge is 0.508 e. The number of aliphatic carboxylic acids is 2. The van der Waals surface area contributed by atoms with Gasteiger partial charge in [-0.05, 0) is 47.4 Å². The Morgan fingerprint density at radius 2 is 1.12 bits per heavy atom. The van der Waals surface area contributed by atoms with E-state index in [0.717, 1.165) is 21.8 Å². The molecule has 0 bridgehead atoms. The molecule has 4 unspecified atom stereocenters. The zero-order valence-electron chi connectivity index (χ0n) is 26.2. The van der Waals surface area contributed by atoms with Gasteiger partial charge in [0.25, 0.3) is 0 Å². The molecular formula is C35H36N6O8. The maximum Gasteiger partial charge on any atom is 0.326 e. The molecule has 14 heteroatoms. The number of carbonyl (C=O) groups excluding carboxylic acids is 3. The van der Waals surface area contributed by atoms with E-state index in [2.05, 4.69) is 25.9 Å². The van der Waals surface area contributed by atoms with Crippen molar-refractivity contribution in [3.63, 3.8) is 0 Å². The van der Waals surface area contributed by atoms with Crippen LogP contribution in [0.5, 0.6) is 5.75 Å². The molecule has 10 N–H and O–H groups in total. The molecule has 0 aliphatic heterocycles. The normalized spacial score (nSPS) is 13.7. The van der Waals surface area contributed by atoms with Crippen LogP contribution in [0, 0.1) is 0 Å². The van der Waals surface area contributed by atoms with E-state index in [1.54, 1.807) is 30.6 Å². The summed E-state index contributed by atoms with van der Waals surface area (Å²) in [7, 11) is 0. The molecule has 4 atom stereocenters. The van der Waals surface area contributed by atoms with Crippen molar-refractivity contribution in [3.8, 4) is 5.75 Å². The molecular weight excluding hydrogens is 632 g/mol. The molecule has 5 aromatic rings. The number of benzene rings is 3. The number of nitrogens with one attached hydrogen (secondary N) is 5. The number of carboxylic acids is 2. The SMILES string of the molecule is NC(Cc1ccc(O)cc1)C(=O)NC(CC(=O)O)C(=O)NC(Cc1c[nH]c2ccccc12)C(=O)NC(Cc1c[nH]c2ccccc12)C(=O)O. The fraction of sp³-hybridized carbons (Fsp3) is 0.229. The summed E-state index contributed by atoms with van der Waals surface area (Å²) in [6.45, 7) is 0. The standard InChI is InChI=1S/C35H36N6O8/c36-25(13-19-9-11-22(42)12-10-19)32(45)39-29(16-31(43)44)34(47)40-28(14-20-17-37-26-7-3-1-5-23(20)26)33(46)41-30(35(48)49)15-21-18-38-27-8-4-2-6-24(21)27/h1-12,17-18,25,28-30,37-38,42H,13-16,36H2,(H,39,45)(H,40,47)(H,41,46)(H,43,44)(H,48,49). The topological polar surface area (TPSA) is 240 Å². The predicted molar refractivity (Wildman–Crippen MR) is 179 cm³/mol. The van der Waals surface area contributed by atoms with Crippen LogP contribution in [0.2, 0.25) is 0 Å². The number of carboxylic acid groups (broad SMARTS) is 2. The smallest absolute Gasteiger partial charge is 0.326 e. The van der Waals surface area contributed by atoms with Crippen molar-refractivity contribution in [1.29, 1.82) is 0 Å². The van der Waals surface area contributed by atoms with Crippen molar-refractivity contribution in [2.45, 2.75) is 49.9 Å². The lowest BCUT2D eigenvalue weighted by atomic mass is 10.0. The number of nitrogens with two attached hydrogens (primary N) is 1. The number of aromatic hydroxyl groups is 1. The van der Waals surface area contributed by atoms with Gasteiger partial charge in [-0.2, -0.15) is 0 Å². The van der Waals surface area contributed by atoms with E-state index in [0.29, 0.717) is 16.7 Å². The van der Waals surface area contributed by atoms with Crippen LogP contribution in [0.3, 0.4) is 0 Å². The van der Waals surface area contributed by atoms with Crippen molar-refractivity contribution >= 4 is 51.5 Å². The minimum atomic E-state index is -1.62. The first-order chi connectivity index (χ1) is 23.5. The molecule has 5 rings (SSSR count). The highest BCUT2D eigenvalue weighted by Crippen LogP contribution is 2.21. The molecule has 0 fully saturated rings. The number of phenols is 1. The van der Waals surface area contributed by atoms with Crippen LogP contribution in [-0.4, -0.2) is 79.1 Å². The lowest BCUT2D eigenvalue weighted by Crippen LogP contribution is -2.58. The van der Waals surface area contributed by atoms with Crippen LogP contribution in [0.25, 0.3) is 21.8 Å². The second kappa shape index (κ2) is 15.2. The van der Waals surface area contributed by atoms with E-state index >= 15 is 0 Å². The van der Waals surface area contributed by atoms with E-state index in [4.69, 9.17) is 5.73 Å². The molecule has 254 valence electrons. The van der Waals surface area contributed by atoms with Crippen LogP contribution in [0.1, 0.15) is 23.1 Å². The number of rotatable bonds is 15. The summed E-state index contributed by atoms with van der Waals surface area (Å²) in [6, 6.07) is 15.1. The monoisotopic (exact) mass is 668 g/mol. The summed E-state index contributed by atoms with van der Waals surface area (Å²) < 4.78 is 0. The summed E-state index contributed by atoms with van der Waals surface area (Å²) in [4.78, 5) is 70.6. The maximum atomic E-state index is 13.8.